The number of imidazole rings is 1. The van der Waals surface area contributed by atoms with E-state index in [9.17, 15) is 19.0 Å². The van der Waals surface area contributed by atoms with Crippen molar-refractivity contribution in [2.45, 2.75) is 33.4 Å². The van der Waals surface area contributed by atoms with Crippen molar-refractivity contribution >= 4 is 11.9 Å². The van der Waals surface area contributed by atoms with Crippen LogP contribution < -0.4 is 4.74 Å². The minimum absolute atomic E-state index is 0.129. The van der Waals surface area contributed by atoms with Crippen molar-refractivity contribution in [2.75, 3.05) is 27.4 Å². The molecule has 0 fully saturated rings. The van der Waals surface area contributed by atoms with E-state index in [1.54, 1.807) is 30.5 Å². The lowest BCUT2D eigenvalue weighted by Gasteiger charge is -2.35. The van der Waals surface area contributed by atoms with E-state index in [1.807, 2.05) is 50.6 Å². The predicted octanol–water partition coefficient (Wildman–Crippen LogP) is 5.35. The van der Waals surface area contributed by atoms with Crippen LogP contribution in [0.15, 0.2) is 65.9 Å². The Morgan fingerprint density at radius 2 is 1.92 bits per heavy atom. The Morgan fingerprint density at radius 1 is 1.19 bits per heavy atom. The number of amidine groups is 1. The first-order valence-corrected chi connectivity index (χ1v) is 11.8. The maximum atomic E-state index is 13.9. The van der Waals surface area contributed by atoms with Crippen molar-refractivity contribution in [1.82, 2.24) is 14.5 Å². The highest BCUT2D eigenvalue weighted by atomic mass is 19.1. The second-order valence-corrected chi connectivity index (χ2v) is 7.59. The molecule has 2 heterocycles. The van der Waals surface area contributed by atoms with Gasteiger partial charge < -0.3 is 29.3 Å². The molecule has 1 aliphatic heterocycles. The average molecular weight is 517 g/mol. The van der Waals surface area contributed by atoms with Gasteiger partial charge in [-0.15, -0.1) is 0 Å². The maximum Gasteiger partial charge on any atom is 0.260 e. The van der Waals surface area contributed by atoms with Gasteiger partial charge in [0.25, 0.3) is 5.72 Å². The second-order valence-electron chi connectivity index (χ2n) is 7.59. The van der Waals surface area contributed by atoms with Crippen LogP contribution in [0.25, 0.3) is 11.8 Å². The van der Waals surface area contributed by atoms with E-state index in [0.717, 1.165) is 11.4 Å². The van der Waals surface area contributed by atoms with E-state index in [-0.39, 0.29) is 11.6 Å². The summed E-state index contributed by atoms with van der Waals surface area (Å²) in [6.07, 6.45) is 5.11. The molecular weight excluding hydrogens is 482 g/mol. The normalized spacial score (nSPS) is 16.6. The number of nitrogens with zero attached hydrogens (tertiary/aromatic N) is 4. The summed E-state index contributed by atoms with van der Waals surface area (Å²) < 4.78 is 30.7. The molecule has 10 heteroatoms. The lowest BCUT2D eigenvalue weighted by Crippen LogP contribution is -2.49. The summed E-state index contributed by atoms with van der Waals surface area (Å²) in [5.41, 5.74) is 1.30. The Kier molecular flexibility index (Phi) is 10.6. The number of aromatic nitrogens is 2. The van der Waals surface area contributed by atoms with Gasteiger partial charge in [-0.1, -0.05) is 37.2 Å². The molecule has 0 saturated carbocycles. The summed E-state index contributed by atoms with van der Waals surface area (Å²) in [6, 6.07) is 11.2. The van der Waals surface area contributed by atoms with Crippen LogP contribution in [0.5, 0.6) is 5.75 Å². The number of likely N-dealkylation sites (N-methyl/N-ethyl adjacent to an activating group) is 1. The van der Waals surface area contributed by atoms with Crippen molar-refractivity contribution in [3.63, 3.8) is 0 Å². The van der Waals surface area contributed by atoms with Gasteiger partial charge in [0.1, 0.15) is 18.2 Å². The molecule has 3 aromatic rings. The van der Waals surface area contributed by atoms with Gasteiger partial charge in [0.2, 0.25) is 5.84 Å². The summed E-state index contributed by atoms with van der Waals surface area (Å²) in [6.45, 7) is 7.58. The Balaban J connectivity index is 0.00000115. The zero-order valence-corrected chi connectivity index (χ0v) is 21.9. The zero-order valence-electron chi connectivity index (χ0n) is 21.9. The van der Waals surface area contributed by atoms with Gasteiger partial charge in [-0.25, -0.2) is 9.37 Å². The van der Waals surface area contributed by atoms with Gasteiger partial charge in [0, 0.05) is 18.3 Å². The number of benzene rings is 2. The molecule has 37 heavy (non-hydrogen) atoms. The summed E-state index contributed by atoms with van der Waals surface area (Å²) >= 11 is 0. The minimum Gasteiger partial charge on any atom is -0.504 e. The van der Waals surface area contributed by atoms with Gasteiger partial charge >= 0.3 is 0 Å². The number of hydrogen-bond donors (Lipinski definition) is 2. The minimum atomic E-state index is -1.44. The van der Waals surface area contributed by atoms with Crippen LogP contribution in [0.3, 0.4) is 0 Å². The van der Waals surface area contributed by atoms with Crippen LogP contribution in [0.4, 0.5) is 8.78 Å². The third kappa shape index (κ3) is 6.08. The number of alkyl halides is 1. The molecule has 0 spiro atoms. The number of aryl methyl sites for hydroxylation is 1. The fourth-order valence-corrected chi connectivity index (χ4v) is 3.90. The van der Waals surface area contributed by atoms with Crippen LogP contribution >= 0.6 is 0 Å². The standard InChI is InChI=1S/C24H25FN4O4.C2H6.CH3F/c1-4-29-23(27-33-24(29,14-30)18-6-5-7-19(25)12-18)21(31)10-17-8-9-20(22(11-17)32-3)28-13-16(2)26-15-28;2*1-2/h5-13,15,30-31H,4,14H2,1-3H3;1-2H3;1H3/b21-10+;;. The molecule has 200 valence electrons. The Bertz CT molecular complexity index is 1230. The zero-order chi connectivity index (χ0) is 27.6. The van der Waals surface area contributed by atoms with E-state index in [0.29, 0.717) is 30.6 Å². The SMILES string of the molecule is CC.CCN1C(/C(O)=C\c2ccc(-n3cnc(C)c3)c(OC)c2)=NOC1(CO)c1cccc(F)c1.CF. The van der Waals surface area contributed by atoms with E-state index < -0.39 is 18.1 Å². The largest absolute Gasteiger partial charge is 0.504 e. The van der Waals surface area contributed by atoms with Crippen LogP contribution in [0.2, 0.25) is 0 Å². The number of methoxy groups -OCH3 is 1. The molecule has 1 aliphatic rings. The first-order chi connectivity index (χ1) is 17.9. The van der Waals surface area contributed by atoms with E-state index in [2.05, 4.69) is 10.1 Å². The highest BCUT2D eigenvalue weighted by Crippen LogP contribution is 2.37. The third-order valence-electron chi connectivity index (χ3n) is 5.51. The Labute approximate surface area is 216 Å². The topological polar surface area (TPSA) is 92.3 Å². The van der Waals surface area contributed by atoms with Gasteiger partial charge in [-0.05, 0) is 49.8 Å². The van der Waals surface area contributed by atoms with Crippen LogP contribution in [0, 0.1) is 12.7 Å². The van der Waals surface area contributed by atoms with Crippen molar-refractivity contribution in [3.05, 3.63) is 83.4 Å². The molecule has 1 unspecified atom stereocenters. The van der Waals surface area contributed by atoms with E-state index in [1.165, 1.54) is 24.3 Å². The first kappa shape index (κ1) is 29.3. The molecule has 0 radical (unpaired) electrons. The molecular formula is C27H34F2N4O4. The van der Waals surface area contributed by atoms with Gasteiger partial charge in [0.05, 0.1) is 32.0 Å². The van der Waals surface area contributed by atoms with Crippen LogP contribution in [-0.4, -0.2) is 57.9 Å². The fraction of sp³-hybridized carbons (Fsp3) is 0.333. The molecule has 1 aromatic heterocycles. The van der Waals surface area contributed by atoms with E-state index >= 15 is 0 Å². The van der Waals surface area contributed by atoms with Crippen molar-refractivity contribution in [3.8, 4) is 11.4 Å². The smallest absolute Gasteiger partial charge is 0.260 e. The van der Waals surface area contributed by atoms with Crippen molar-refractivity contribution in [2.24, 2.45) is 5.16 Å². The number of aliphatic hydroxyl groups is 2. The quantitative estimate of drug-likeness (QED) is 0.412. The summed E-state index contributed by atoms with van der Waals surface area (Å²) in [5, 5.41) is 25.1. The molecule has 0 aliphatic carbocycles. The lowest BCUT2D eigenvalue weighted by atomic mass is 10.0. The molecule has 1 atom stereocenters. The molecule has 0 amide bonds. The Hall–Kier alpha value is -3.92. The Morgan fingerprint density at radius 3 is 2.49 bits per heavy atom. The molecule has 4 rings (SSSR count). The summed E-state index contributed by atoms with van der Waals surface area (Å²) in [5.74, 6) is 0.0878. The molecule has 2 aromatic carbocycles. The van der Waals surface area contributed by atoms with Crippen molar-refractivity contribution in [1.29, 1.82) is 0 Å². The van der Waals surface area contributed by atoms with Gasteiger partial charge in [-0.3, -0.25) is 4.39 Å². The first-order valence-electron chi connectivity index (χ1n) is 11.8. The van der Waals surface area contributed by atoms with Crippen LogP contribution in [0.1, 0.15) is 37.6 Å². The maximum absolute atomic E-state index is 13.9. The lowest BCUT2D eigenvalue weighted by molar-refractivity contribution is -0.135. The molecule has 0 bridgehead atoms. The average Bonchev–Trinajstić information content (AvgIpc) is 3.54. The van der Waals surface area contributed by atoms with E-state index in [4.69, 9.17) is 9.57 Å². The highest BCUT2D eigenvalue weighted by molar-refractivity contribution is 6.00. The summed E-state index contributed by atoms with van der Waals surface area (Å²) in [7, 11) is 2.07. The monoisotopic (exact) mass is 516 g/mol. The number of aliphatic hydroxyl groups excluding tert-OH is 2. The number of halogens is 2. The molecule has 0 saturated heterocycles. The summed E-state index contributed by atoms with van der Waals surface area (Å²) in [4.78, 5) is 11.4. The predicted molar refractivity (Wildman–Crippen MR) is 140 cm³/mol. The molecule has 2 N–H and O–H groups in total. The van der Waals surface area contributed by atoms with Gasteiger partial charge in [-0.2, -0.15) is 0 Å². The number of ether oxygens (including phenoxy) is 1. The number of hydrogen-bond acceptors (Lipinski definition) is 7. The number of oxime groups is 1. The molecule has 8 nitrogen and oxygen atoms in total. The van der Waals surface area contributed by atoms with Crippen molar-refractivity contribution < 1.29 is 28.6 Å². The second kappa shape index (κ2) is 13.4. The van der Waals surface area contributed by atoms with Crippen LogP contribution in [-0.2, 0) is 10.6 Å². The number of rotatable bonds is 7. The third-order valence-corrected chi connectivity index (χ3v) is 5.51. The highest BCUT2D eigenvalue weighted by Gasteiger charge is 2.48. The fourth-order valence-electron chi connectivity index (χ4n) is 3.90. The van der Waals surface area contributed by atoms with Gasteiger partial charge in [0.15, 0.2) is 5.76 Å².